The lowest BCUT2D eigenvalue weighted by atomic mass is 10.0. The van der Waals surface area contributed by atoms with E-state index < -0.39 is 24.3 Å². The van der Waals surface area contributed by atoms with Gasteiger partial charge < -0.3 is 45.2 Å². The molecule has 300 valence electrons. The molecule has 0 radical (unpaired) electrons. The Morgan fingerprint density at radius 2 is 1.25 bits per heavy atom. The monoisotopic (exact) mass is 800 g/mol. The Kier molecular flexibility index (Phi) is 11.7. The molecular weight excluding hydrogens is 745 g/mol. The molecule has 0 amide bonds. The maximum Gasteiger partial charge on any atom is 0.115 e. The number of nitrogens with one attached hydrogen (secondary N) is 4. The van der Waals surface area contributed by atoms with Crippen molar-refractivity contribution in [3.63, 3.8) is 0 Å². The number of aliphatic hydroxyl groups excluding tert-OH is 2. The van der Waals surface area contributed by atoms with Crippen molar-refractivity contribution < 1.29 is 19.7 Å². The van der Waals surface area contributed by atoms with E-state index in [-0.39, 0.29) is 0 Å². The van der Waals surface area contributed by atoms with Crippen molar-refractivity contribution in [1.29, 1.82) is 0 Å². The van der Waals surface area contributed by atoms with Crippen molar-refractivity contribution in [1.82, 2.24) is 19.8 Å². The van der Waals surface area contributed by atoms with Crippen LogP contribution in [0, 0.1) is 0 Å². The summed E-state index contributed by atoms with van der Waals surface area (Å²) in [6, 6.07) is 13.5. The number of thioether (sulfide) groups is 2. The van der Waals surface area contributed by atoms with Crippen molar-refractivity contribution in [2.24, 2.45) is 9.98 Å². The maximum atomic E-state index is 11.5. The standard InChI is InChI=1S/C42H56N8O4S2/c1-49(2)21-25-15-27-19-33(45-37(27)31(17-25)43-29-5-3-4-6-29)41-47-35(23-55-41)39(51)40(52)36-24-56-42(48-36)34-20-28-16-26(22-50-9-13-54-14-10-50)18-32(38(28)46-34)44-30-7-11-53-12-8-30/h15-20,29-30,35-36,39-40,43-46,51-52H,3-14,21-24H2,1-2H3. The van der Waals surface area contributed by atoms with E-state index in [2.05, 4.69) is 80.9 Å². The van der Waals surface area contributed by atoms with Crippen LogP contribution in [0.2, 0.25) is 0 Å². The second-order valence-electron chi connectivity index (χ2n) is 16.5. The number of aliphatic imine (C=N–C) groups is 2. The molecule has 12 nitrogen and oxygen atoms in total. The predicted molar refractivity (Wildman–Crippen MR) is 231 cm³/mol. The summed E-state index contributed by atoms with van der Waals surface area (Å²) in [5.41, 5.74) is 8.87. The molecule has 4 aromatic rings. The maximum absolute atomic E-state index is 11.5. The normalized spacial score (nSPS) is 24.0. The SMILES string of the molecule is CN(C)Cc1cc(NC2CCCC2)c2[nH]c(C3=NC(C(O)C(O)C4CSC(c5cc6cc(CN7CCOCC7)cc(NC7CCOCC7)c6[nH]5)=N4)CS3)cc2c1. The Balaban J connectivity index is 0.915. The zero-order valence-corrected chi connectivity index (χ0v) is 34.2. The molecule has 6 heterocycles. The van der Waals surface area contributed by atoms with Crippen LogP contribution in [0.3, 0.4) is 0 Å². The lowest BCUT2D eigenvalue weighted by molar-refractivity contribution is -0.000172. The van der Waals surface area contributed by atoms with E-state index >= 15 is 0 Å². The summed E-state index contributed by atoms with van der Waals surface area (Å²) in [5.74, 6) is 1.21. The van der Waals surface area contributed by atoms with Gasteiger partial charge in [-0.25, -0.2) is 0 Å². The fraction of sp³-hybridized carbons (Fsp3) is 0.571. The minimum absolute atomic E-state index is 0.363. The van der Waals surface area contributed by atoms with Gasteiger partial charge in [0.25, 0.3) is 0 Å². The van der Waals surface area contributed by atoms with Gasteiger partial charge in [-0.1, -0.05) is 12.8 Å². The van der Waals surface area contributed by atoms with Crippen molar-refractivity contribution in [2.75, 3.05) is 75.8 Å². The van der Waals surface area contributed by atoms with Crippen LogP contribution in [0.5, 0.6) is 0 Å². The summed E-state index contributed by atoms with van der Waals surface area (Å²) in [5, 5.41) is 34.8. The number of aliphatic hydroxyl groups is 2. The molecule has 2 aromatic carbocycles. The van der Waals surface area contributed by atoms with E-state index in [1.54, 1.807) is 23.5 Å². The van der Waals surface area contributed by atoms with Crippen LogP contribution in [-0.4, -0.2) is 142 Å². The number of morpholine rings is 1. The second-order valence-corrected chi connectivity index (χ2v) is 18.5. The summed E-state index contributed by atoms with van der Waals surface area (Å²) in [4.78, 5) is 22.0. The van der Waals surface area contributed by atoms with Crippen LogP contribution in [0.1, 0.15) is 61.0 Å². The molecule has 5 aliphatic rings. The van der Waals surface area contributed by atoms with E-state index in [0.29, 0.717) is 23.6 Å². The van der Waals surface area contributed by atoms with Gasteiger partial charge in [-0.3, -0.25) is 14.9 Å². The molecule has 0 bridgehead atoms. The molecular formula is C42H56N8O4S2. The topological polar surface area (TPSA) is 146 Å². The van der Waals surface area contributed by atoms with Crippen LogP contribution in [-0.2, 0) is 22.6 Å². The average molecular weight is 801 g/mol. The summed E-state index contributed by atoms with van der Waals surface area (Å²) in [6.07, 6.45) is 4.88. The van der Waals surface area contributed by atoms with Gasteiger partial charge in [-0.15, -0.1) is 23.5 Å². The van der Waals surface area contributed by atoms with Gasteiger partial charge in [0.15, 0.2) is 0 Å². The molecule has 4 aliphatic heterocycles. The number of H-pyrrole nitrogens is 2. The predicted octanol–water partition coefficient (Wildman–Crippen LogP) is 5.63. The highest BCUT2D eigenvalue weighted by atomic mass is 32.2. The Bertz CT molecular complexity index is 2060. The zero-order chi connectivity index (χ0) is 38.2. The fourth-order valence-electron chi connectivity index (χ4n) is 8.87. The molecule has 2 aromatic heterocycles. The minimum Gasteiger partial charge on any atom is -0.388 e. The average Bonchev–Trinajstić information content (AvgIpc) is 4.05. The van der Waals surface area contributed by atoms with Crippen LogP contribution >= 0.6 is 23.5 Å². The van der Waals surface area contributed by atoms with Crippen LogP contribution in [0.15, 0.2) is 46.4 Å². The first-order chi connectivity index (χ1) is 27.3. The number of hydrogen-bond donors (Lipinski definition) is 6. The first-order valence-electron chi connectivity index (χ1n) is 20.5. The number of rotatable bonds is 13. The number of aromatic nitrogens is 2. The van der Waals surface area contributed by atoms with E-state index in [1.165, 1.54) is 36.8 Å². The highest BCUT2D eigenvalue weighted by Crippen LogP contribution is 2.36. The second kappa shape index (κ2) is 17.0. The van der Waals surface area contributed by atoms with Crippen LogP contribution in [0.25, 0.3) is 21.8 Å². The molecule has 1 saturated carbocycles. The number of anilines is 2. The molecule has 0 spiro atoms. The van der Waals surface area contributed by atoms with Gasteiger partial charge in [0.2, 0.25) is 0 Å². The first-order valence-corrected chi connectivity index (χ1v) is 22.4. The van der Waals surface area contributed by atoms with Gasteiger partial charge in [-0.05, 0) is 87.3 Å². The molecule has 14 heteroatoms. The molecule has 9 rings (SSSR count). The summed E-state index contributed by atoms with van der Waals surface area (Å²) in [6.45, 7) is 6.73. The lowest BCUT2D eigenvalue weighted by Gasteiger charge is -2.27. The number of benzene rings is 2. The van der Waals surface area contributed by atoms with Crippen molar-refractivity contribution in [3.8, 4) is 0 Å². The van der Waals surface area contributed by atoms with Gasteiger partial charge >= 0.3 is 0 Å². The van der Waals surface area contributed by atoms with Crippen molar-refractivity contribution >= 4 is 66.8 Å². The third-order valence-corrected chi connectivity index (χ3v) is 14.0. The molecule has 3 fully saturated rings. The summed E-state index contributed by atoms with van der Waals surface area (Å²) >= 11 is 3.27. The Hall–Kier alpha value is -3.08. The Labute approximate surface area is 337 Å². The molecule has 1 aliphatic carbocycles. The van der Waals surface area contributed by atoms with Gasteiger partial charge in [0, 0.05) is 73.8 Å². The third-order valence-electron chi connectivity index (χ3n) is 11.8. The number of fused-ring (bicyclic) bond motifs is 2. The highest BCUT2D eigenvalue weighted by molar-refractivity contribution is 8.15. The number of nitrogens with zero attached hydrogens (tertiary/aromatic N) is 4. The third kappa shape index (κ3) is 8.54. The van der Waals surface area contributed by atoms with Gasteiger partial charge in [0.05, 0.1) is 59.1 Å². The van der Waals surface area contributed by atoms with E-state index in [1.807, 2.05) is 0 Å². The van der Waals surface area contributed by atoms with Gasteiger partial charge in [-0.2, -0.15) is 0 Å². The van der Waals surface area contributed by atoms with Crippen molar-refractivity contribution in [3.05, 3.63) is 58.9 Å². The smallest absolute Gasteiger partial charge is 0.115 e. The number of hydrogen-bond acceptors (Lipinski definition) is 12. The largest absolute Gasteiger partial charge is 0.388 e. The van der Waals surface area contributed by atoms with Gasteiger partial charge in [0.1, 0.15) is 22.3 Å². The lowest BCUT2D eigenvalue weighted by Crippen LogP contribution is -2.43. The van der Waals surface area contributed by atoms with E-state index in [0.717, 1.165) is 120 Å². The Morgan fingerprint density at radius 1 is 0.732 bits per heavy atom. The zero-order valence-electron chi connectivity index (χ0n) is 32.6. The number of ether oxygens (including phenoxy) is 2. The van der Waals surface area contributed by atoms with Crippen LogP contribution in [0.4, 0.5) is 11.4 Å². The molecule has 2 saturated heterocycles. The fourth-order valence-corrected chi connectivity index (χ4v) is 11.0. The molecule has 4 unspecified atom stereocenters. The molecule has 56 heavy (non-hydrogen) atoms. The molecule has 6 N–H and O–H groups in total. The summed E-state index contributed by atoms with van der Waals surface area (Å²) < 4.78 is 11.2. The molecule has 4 atom stereocenters. The van der Waals surface area contributed by atoms with E-state index in [9.17, 15) is 10.2 Å². The first kappa shape index (κ1) is 38.4. The highest BCUT2D eigenvalue weighted by Gasteiger charge is 2.38. The van der Waals surface area contributed by atoms with Crippen molar-refractivity contribution in [2.45, 2.75) is 88.0 Å². The minimum atomic E-state index is -1.03. The van der Waals surface area contributed by atoms with Crippen LogP contribution < -0.4 is 10.6 Å². The summed E-state index contributed by atoms with van der Waals surface area (Å²) in [7, 11) is 4.20. The number of aromatic amines is 2. The quantitative estimate of drug-likeness (QED) is 0.101. The Morgan fingerprint density at radius 3 is 1.82 bits per heavy atom. The van der Waals surface area contributed by atoms with E-state index in [4.69, 9.17) is 19.5 Å².